The molecule has 0 aliphatic carbocycles. The Balaban J connectivity index is 1.38. The summed E-state index contributed by atoms with van der Waals surface area (Å²) in [6.07, 6.45) is 0. The van der Waals surface area contributed by atoms with Crippen LogP contribution in [0.3, 0.4) is 0 Å². The predicted octanol–water partition coefficient (Wildman–Crippen LogP) is 7.46. The number of nitrogens with zero attached hydrogens (tertiary/aromatic N) is 1. The molecule has 2 N–H and O–H groups in total. The van der Waals surface area contributed by atoms with Crippen molar-refractivity contribution < 1.29 is 4.79 Å². The van der Waals surface area contributed by atoms with Crippen molar-refractivity contribution in [2.24, 2.45) is 0 Å². The van der Waals surface area contributed by atoms with Crippen LogP contribution in [0.2, 0.25) is 10.0 Å². The van der Waals surface area contributed by atoms with Crippen LogP contribution in [0.25, 0.3) is 33.5 Å². The summed E-state index contributed by atoms with van der Waals surface area (Å²) in [5, 5.41) is 3.96. The van der Waals surface area contributed by atoms with Gasteiger partial charge < -0.3 is 10.3 Å². The molecule has 6 heteroatoms. The van der Waals surface area contributed by atoms with Gasteiger partial charge in [-0.25, -0.2) is 4.98 Å². The highest BCUT2D eigenvalue weighted by molar-refractivity contribution is 6.39. The molecule has 0 fully saturated rings. The molecule has 5 aromatic rings. The Hall–Kier alpha value is -3.60. The van der Waals surface area contributed by atoms with E-state index in [1.807, 2.05) is 42.5 Å². The van der Waals surface area contributed by atoms with E-state index in [1.54, 1.807) is 36.4 Å². The fourth-order valence-electron chi connectivity index (χ4n) is 3.57. The summed E-state index contributed by atoms with van der Waals surface area (Å²) in [6.45, 7) is 0. The van der Waals surface area contributed by atoms with Gasteiger partial charge >= 0.3 is 0 Å². The number of imidazole rings is 1. The Morgan fingerprint density at radius 2 is 1.47 bits per heavy atom. The molecule has 0 spiro atoms. The number of benzene rings is 4. The van der Waals surface area contributed by atoms with Crippen molar-refractivity contribution in [1.82, 2.24) is 9.97 Å². The van der Waals surface area contributed by atoms with Gasteiger partial charge in [0.2, 0.25) is 0 Å². The molecule has 0 radical (unpaired) electrons. The first-order valence-corrected chi connectivity index (χ1v) is 10.7. The zero-order chi connectivity index (χ0) is 22.1. The van der Waals surface area contributed by atoms with Crippen molar-refractivity contribution in [3.05, 3.63) is 107 Å². The summed E-state index contributed by atoms with van der Waals surface area (Å²) in [6, 6.07) is 28.5. The maximum atomic E-state index is 12.8. The van der Waals surface area contributed by atoms with E-state index in [9.17, 15) is 4.79 Å². The summed E-state index contributed by atoms with van der Waals surface area (Å²) in [5.74, 6) is 0.357. The van der Waals surface area contributed by atoms with E-state index >= 15 is 0 Å². The van der Waals surface area contributed by atoms with Crippen molar-refractivity contribution >= 4 is 45.8 Å². The lowest BCUT2D eigenvalue weighted by molar-refractivity contribution is 0.102. The predicted molar refractivity (Wildman–Crippen MR) is 131 cm³/mol. The van der Waals surface area contributed by atoms with Gasteiger partial charge in [0.05, 0.1) is 26.6 Å². The third-order valence-corrected chi connectivity index (χ3v) is 5.82. The van der Waals surface area contributed by atoms with Crippen molar-refractivity contribution in [1.29, 1.82) is 0 Å². The SMILES string of the molecule is O=C(Nc1ccc(-c2ccccc2)cc1)c1ccc2nc(-c3c(Cl)cccc3Cl)[nH]c2c1. The number of aromatic nitrogens is 2. The minimum atomic E-state index is -0.203. The Morgan fingerprint density at radius 3 is 2.19 bits per heavy atom. The van der Waals surface area contributed by atoms with Gasteiger partial charge in [-0.05, 0) is 53.6 Å². The molecule has 1 amide bonds. The first-order chi connectivity index (χ1) is 15.6. The number of amides is 1. The van der Waals surface area contributed by atoms with Crippen LogP contribution in [0.5, 0.6) is 0 Å². The van der Waals surface area contributed by atoms with Gasteiger partial charge in [-0.3, -0.25) is 4.79 Å². The third-order valence-electron chi connectivity index (χ3n) is 5.19. The van der Waals surface area contributed by atoms with Gasteiger partial charge in [0.15, 0.2) is 0 Å². The maximum Gasteiger partial charge on any atom is 0.255 e. The van der Waals surface area contributed by atoms with Crippen LogP contribution in [-0.4, -0.2) is 15.9 Å². The Morgan fingerprint density at radius 1 is 0.781 bits per heavy atom. The number of carbonyl (C=O) groups is 1. The van der Waals surface area contributed by atoms with E-state index < -0.39 is 0 Å². The molecule has 0 saturated heterocycles. The number of H-pyrrole nitrogens is 1. The van der Waals surface area contributed by atoms with Gasteiger partial charge in [0.1, 0.15) is 5.82 Å². The lowest BCUT2D eigenvalue weighted by Gasteiger charge is -2.07. The molecule has 4 aromatic carbocycles. The molecule has 0 atom stereocenters. The van der Waals surface area contributed by atoms with Crippen molar-refractivity contribution in [3.8, 4) is 22.5 Å². The van der Waals surface area contributed by atoms with Crippen LogP contribution in [0.4, 0.5) is 5.69 Å². The second-order valence-corrected chi connectivity index (χ2v) is 8.13. The standard InChI is InChI=1S/C26H17Cl2N3O/c27-20-7-4-8-21(28)24(20)25-30-22-14-11-18(15-23(22)31-25)26(32)29-19-12-9-17(10-13-19)16-5-2-1-3-6-16/h1-15H,(H,29,32)(H,30,31). The zero-order valence-electron chi connectivity index (χ0n) is 16.8. The molecular formula is C26H17Cl2N3O. The molecule has 1 heterocycles. The number of rotatable bonds is 4. The summed E-state index contributed by atoms with van der Waals surface area (Å²) >= 11 is 12.6. The van der Waals surface area contributed by atoms with Gasteiger partial charge in [-0.15, -0.1) is 0 Å². The van der Waals surface area contributed by atoms with Gasteiger partial charge in [0, 0.05) is 11.3 Å². The van der Waals surface area contributed by atoms with Crippen LogP contribution in [0.15, 0.2) is 91.0 Å². The van der Waals surface area contributed by atoms with Crippen LogP contribution < -0.4 is 5.32 Å². The van der Waals surface area contributed by atoms with Gasteiger partial charge in [-0.1, -0.05) is 71.7 Å². The van der Waals surface area contributed by atoms with E-state index in [0.29, 0.717) is 27.0 Å². The normalized spacial score (nSPS) is 10.9. The van der Waals surface area contributed by atoms with E-state index in [0.717, 1.165) is 27.8 Å². The number of halogens is 2. The monoisotopic (exact) mass is 457 g/mol. The van der Waals surface area contributed by atoms with E-state index in [2.05, 4.69) is 27.4 Å². The van der Waals surface area contributed by atoms with Crippen LogP contribution >= 0.6 is 23.2 Å². The number of fused-ring (bicyclic) bond motifs is 1. The molecule has 0 saturated carbocycles. The molecule has 0 bridgehead atoms. The fourth-order valence-corrected chi connectivity index (χ4v) is 4.15. The maximum absolute atomic E-state index is 12.8. The quantitative estimate of drug-likeness (QED) is 0.294. The molecule has 156 valence electrons. The van der Waals surface area contributed by atoms with Crippen LogP contribution in [-0.2, 0) is 0 Å². The highest BCUT2D eigenvalue weighted by Crippen LogP contribution is 2.34. The molecule has 4 nitrogen and oxygen atoms in total. The third kappa shape index (κ3) is 3.98. The molecule has 0 unspecified atom stereocenters. The number of anilines is 1. The lowest BCUT2D eigenvalue weighted by atomic mass is 10.1. The Bertz CT molecular complexity index is 1410. The van der Waals surface area contributed by atoms with E-state index in [4.69, 9.17) is 23.2 Å². The summed E-state index contributed by atoms with van der Waals surface area (Å²) in [4.78, 5) is 20.6. The van der Waals surface area contributed by atoms with Crippen LogP contribution in [0, 0.1) is 0 Å². The number of nitrogens with one attached hydrogen (secondary N) is 2. The van der Waals surface area contributed by atoms with E-state index in [-0.39, 0.29) is 5.91 Å². The average molecular weight is 458 g/mol. The van der Waals surface area contributed by atoms with Gasteiger partial charge in [-0.2, -0.15) is 0 Å². The molecule has 0 aliphatic rings. The topological polar surface area (TPSA) is 57.8 Å². The first-order valence-electron chi connectivity index (χ1n) is 9.99. The number of hydrogen-bond acceptors (Lipinski definition) is 2. The molecular weight excluding hydrogens is 441 g/mol. The van der Waals surface area contributed by atoms with Crippen molar-refractivity contribution in [3.63, 3.8) is 0 Å². The first kappa shape index (κ1) is 20.3. The molecule has 1 aromatic heterocycles. The number of carbonyl (C=O) groups excluding carboxylic acids is 1. The molecule has 5 rings (SSSR count). The van der Waals surface area contributed by atoms with Crippen molar-refractivity contribution in [2.75, 3.05) is 5.32 Å². The molecule has 0 aliphatic heterocycles. The Kier molecular flexibility index (Phi) is 5.39. The smallest absolute Gasteiger partial charge is 0.255 e. The number of hydrogen-bond donors (Lipinski definition) is 2. The van der Waals surface area contributed by atoms with E-state index in [1.165, 1.54) is 0 Å². The minimum Gasteiger partial charge on any atom is -0.338 e. The average Bonchev–Trinajstić information content (AvgIpc) is 3.23. The molecule has 32 heavy (non-hydrogen) atoms. The Labute approximate surface area is 194 Å². The lowest BCUT2D eigenvalue weighted by Crippen LogP contribution is -2.11. The van der Waals surface area contributed by atoms with Gasteiger partial charge in [0.25, 0.3) is 5.91 Å². The summed E-state index contributed by atoms with van der Waals surface area (Å²) in [5.41, 5.74) is 5.55. The van der Waals surface area contributed by atoms with Crippen LogP contribution in [0.1, 0.15) is 10.4 Å². The second kappa shape index (κ2) is 8.50. The highest BCUT2D eigenvalue weighted by Gasteiger charge is 2.14. The summed E-state index contributed by atoms with van der Waals surface area (Å²) in [7, 11) is 0. The largest absolute Gasteiger partial charge is 0.338 e. The highest BCUT2D eigenvalue weighted by atomic mass is 35.5. The number of aromatic amines is 1. The van der Waals surface area contributed by atoms with Crippen molar-refractivity contribution in [2.45, 2.75) is 0 Å². The fraction of sp³-hybridized carbons (Fsp3) is 0. The minimum absolute atomic E-state index is 0.203. The second-order valence-electron chi connectivity index (χ2n) is 7.31. The zero-order valence-corrected chi connectivity index (χ0v) is 18.3. The summed E-state index contributed by atoms with van der Waals surface area (Å²) < 4.78 is 0.